The van der Waals surface area contributed by atoms with Gasteiger partial charge in [-0.05, 0) is 44.4 Å². The molecule has 1 heterocycles. The molecule has 0 bridgehead atoms. The maximum atomic E-state index is 11.6. The van der Waals surface area contributed by atoms with E-state index in [-0.39, 0.29) is 0 Å². The van der Waals surface area contributed by atoms with Crippen molar-refractivity contribution in [2.75, 3.05) is 0 Å². The first-order valence-corrected chi connectivity index (χ1v) is 8.59. The smallest absolute Gasteiger partial charge is 0.310 e. The lowest BCUT2D eigenvalue weighted by Crippen LogP contribution is -2.44. The highest BCUT2D eigenvalue weighted by molar-refractivity contribution is 5.72. The van der Waals surface area contributed by atoms with Crippen LogP contribution in [0.4, 0.5) is 0 Å². The Hall–Kier alpha value is -2.55. The van der Waals surface area contributed by atoms with Gasteiger partial charge in [-0.15, -0.1) is 0 Å². The molecule has 1 aliphatic rings. The molecule has 1 aliphatic heterocycles. The molecule has 2 aromatic rings. The first-order valence-electron chi connectivity index (χ1n) is 8.59. The standard InChI is InChI=1S/C22H24O3/c1-21(2)18(20(23)24)14-15-19(25-21)22(3,16-10-6-4-7-11-16)17-12-8-5-9-13-17/h4-13,15,18H,14H2,1-3H3,(H,23,24)/t18-/m1/s1. The maximum Gasteiger partial charge on any atom is 0.310 e. The van der Waals surface area contributed by atoms with Crippen molar-refractivity contribution in [1.29, 1.82) is 0 Å². The summed E-state index contributed by atoms with van der Waals surface area (Å²) >= 11 is 0. The average molecular weight is 336 g/mol. The molecule has 1 atom stereocenters. The van der Waals surface area contributed by atoms with Gasteiger partial charge in [-0.25, -0.2) is 0 Å². The molecule has 130 valence electrons. The molecule has 25 heavy (non-hydrogen) atoms. The Labute approximate surface area is 149 Å². The summed E-state index contributed by atoms with van der Waals surface area (Å²) in [7, 11) is 0. The van der Waals surface area contributed by atoms with Crippen LogP contribution in [0.3, 0.4) is 0 Å². The Morgan fingerprint density at radius 2 is 1.52 bits per heavy atom. The van der Waals surface area contributed by atoms with Gasteiger partial charge in [0.1, 0.15) is 11.4 Å². The molecule has 0 fully saturated rings. The maximum absolute atomic E-state index is 11.6. The Bertz CT molecular complexity index is 736. The molecule has 0 amide bonds. The van der Waals surface area contributed by atoms with Gasteiger partial charge in [0.15, 0.2) is 0 Å². The van der Waals surface area contributed by atoms with Gasteiger partial charge in [0.25, 0.3) is 0 Å². The van der Waals surface area contributed by atoms with Crippen LogP contribution >= 0.6 is 0 Å². The first kappa shape index (κ1) is 17.3. The molecule has 3 heteroatoms. The molecule has 0 spiro atoms. The third-order valence-electron chi connectivity index (χ3n) is 5.24. The zero-order valence-electron chi connectivity index (χ0n) is 14.9. The largest absolute Gasteiger partial charge is 0.490 e. The highest BCUT2D eigenvalue weighted by Gasteiger charge is 2.45. The number of allylic oxidation sites excluding steroid dienone is 2. The van der Waals surface area contributed by atoms with Gasteiger partial charge < -0.3 is 9.84 Å². The van der Waals surface area contributed by atoms with Gasteiger partial charge in [-0.2, -0.15) is 0 Å². The van der Waals surface area contributed by atoms with E-state index in [1.165, 1.54) is 0 Å². The summed E-state index contributed by atoms with van der Waals surface area (Å²) in [5.41, 5.74) is 1.01. The third kappa shape index (κ3) is 3.07. The summed E-state index contributed by atoms with van der Waals surface area (Å²) in [6.07, 6.45) is 2.41. The number of carboxylic acid groups (broad SMARTS) is 1. The number of hydrogen-bond acceptors (Lipinski definition) is 2. The number of carbonyl (C=O) groups is 1. The second-order valence-corrected chi connectivity index (χ2v) is 7.26. The Morgan fingerprint density at radius 3 is 1.92 bits per heavy atom. The van der Waals surface area contributed by atoms with Crippen molar-refractivity contribution >= 4 is 5.97 Å². The van der Waals surface area contributed by atoms with Crippen molar-refractivity contribution in [3.05, 3.63) is 83.6 Å². The minimum Gasteiger partial charge on any atom is -0.490 e. The highest BCUT2D eigenvalue weighted by Crippen LogP contribution is 2.45. The molecule has 0 aliphatic carbocycles. The molecule has 3 rings (SSSR count). The molecule has 0 radical (unpaired) electrons. The van der Waals surface area contributed by atoms with E-state index in [9.17, 15) is 9.90 Å². The van der Waals surface area contributed by atoms with Crippen LogP contribution in [0.25, 0.3) is 0 Å². The predicted molar refractivity (Wildman–Crippen MR) is 98.3 cm³/mol. The summed E-state index contributed by atoms with van der Waals surface area (Å²) in [5.74, 6) is -0.555. The van der Waals surface area contributed by atoms with Gasteiger partial charge in [0.05, 0.1) is 11.3 Å². The monoisotopic (exact) mass is 336 g/mol. The van der Waals surface area contributed by atoms with Crippen LogP contribution < -0.4 is 0 Å². The number of ether oxygens (including phenoxy) is 1. The lowest BCUT2D eigenvalue weighted by Gasteiger charge is -2.43. The highest BCUT2D eigenvalue weighted by atomic mass is 16.5. The topological polar surface area (TPSA) is 46.5 Å². The van der Waals surface area contributed by atoms with Crippen LogP contribution in [-0.4, -0.2) is 16.7 Å². The summed E-state index contributed by atoms with van der Waals surface area (Å²) in [5, 5.41) is 9.49. The van der Waals surface area contributed by atoms with Crippen LogP contribution in [0.1, 0.15) is 38.3 Å². The van der Waals surface area contributed by atoms with Crippen LogP contribution in [0.5, 0.6) is 0 Å². The minimum absolute atomic E-state index is 0.465. The number of carboxylic acids is 1. The second-order valence-electron chi connectivity index (χ2n) is 7.26. The fourth-order valence-corrected chi connectivity index (χ4v) is 3.60. The molecule has 2 aromatic carbocycles. The summed E-state index contributed by atoms with van der Waals surface area (Å²) < 4.78 is 6.30. The Kier molecular flexibility index (Phi) is 4.42. The molecule has 0 aromatic heterocycles. The van der Waals surface area contributed by atoms with E-state index < -0.39 is 22.9 Å². The van der Waals surface area contributed by atoms with Crippen LogP contribution in [0.2, 0.25) is 0 Å². The lowest BCUT2D eigenvalue weighted by atomic mass is 9.72. The van der Waals surface area contributed by atoms with Crippen molar-refractivity contribution in [1.82, 2.24) is 0 Å². The van der Waals surface area contributed by atoms with E-state index in [1.807, 2.05) is 56.3 Å². The van der Waals surface area contributed by atoms with E-state index in [0.717, 1.165) is 16.9 Å². The second kappa shape index (κ2) is 6.40. The zero-order valence-corrected chi connectivity index (χ0v) is 14.9. The molecule has 3 nitrogen and oxygen atoms in total. The van der Waals surface area contributed by atoms with E-state index >= 15 is 0 Å². The number of benzene rings is 2. The van der Waals surface area contributed by atoms with Gasteiger partial charge in [0, 0.05) is 0 Å². The molecule has 1 N–H and O–H groups in total. The van der Waals surface area contributed by atoms with E-state index in [4.69, 9.17) is 4.74 Å². The molecule has 0 saturated carbocycles. The lowest BCUT2D eigenvalue weighted by molar-refractivity contribution is -0.153. The molecule has 0 saturated heterocycles. The van der Waals surface area contributed by atoms with Gasteiger partial charge in [-0.1, -0.05) is 60.7 Å². The predicted octanol–water partition coefficient (Wildman–Crippen LogP) is 4.78. The SMILES string of the molecule is CC(C1=CC[C@H](C(=O)O)C(C)(C)O1)(c1ccccc1)c1ccccc1. The first-order chi connectivity index (χ1) is 11.9. The Balaban J connectivity index is 2.13. The number of hydrogen-bond donors (Lipinski definition) is 1. The summed E-state index contributed by atoms with van der Waals surface area (Å²) in [6.45, 7) is 5.85. The van der Waals surface area contributed by atoms with Crippen molar-refractivity contribution in [3.8, 4) is 0 Å². The Morgan fingerprint density at radius 1 is 1.04 bits per heavy atom. The molecule has 0 unspecified atom stereocenters. The van der Waals surface area contributed by atoms with Crippen LogP contribution in [0, 0.1) is 5.92 Å². The van der Waals surface area contributed by atoms with Crippen LogP contribution in [-0.2, 0) is 14.9 Å². The number of aliphatic carboxylic acids is 1. The summed E-state index contributed by atoms with van der Waals surface area (Å²) in [4.78, 5) is 11.6. The van der Waals surface area contributed by atoms with E-state index in [1.54, 1.807) is 0 Å². The zero-order chi connectivity index (χ0) is 18.1. The molecular formula is C22H24O3. The van der Waals surface area contributed by atoms with Gasteiger partial charge in [-0.3, -0.25) is 4.79 Å². The van der Waals surface area contributed by atoms with Crippen LogP contribution in [0.15, 0.2) is 72.5 Å². The van der Waals surface area contributed by atoms with Crippen molar-refractivity contribution < 1.29 is 14.6 Å². The van der Waals surface area contributed by atoms with Gasteiger partial charge >= 0.3 is 5.97 Å². The van der Waals surface area contributed by atoms with Crippen molar-refractivity contribution in [3.63, 3.8) is 0 Å². The van der Waals surface area contributed by atoms with Crippen molar-refractivity contribution in [2.24, 2.45) is 5.92 Å². The fraction of sp³-hybridized carbons (Fsp3) is 0.318. The van der Waals surface area contributed by atoms with E-state index in [2.05, 4.69) is 31.2 Å². The minimum atomic E-state index is -0.818. The average Bonchev–Trinajstić information content (AvgIpc) is 2.61. The molecular weight excluding hydrogens is 312 g/mol. The summed E-state index contributed by atoms with van der Waals surface area (Å²) in [6, 6.07) is 20.4. The van der Waals surface area contributed by atoms with E-state index in [0.29, 0.717) is 6.42 Å². The number of rotatable bonds is 4. The van der Waals surface area contributed by atoms with Crippen molar-refractivity contribution in [2.45, 2.75) is 38.2 Å². The normalized spacial score (nSPS) is 19.6. The quantitative estimate of drug-likeness (QED) is 0.874. The van der Waals surface area contributed by atoms with Gasteiger partial charge in [0.2, 0.25) is 0 Å². The third-order valence-corrected chi connectivity index (χ3v) is 5.24. The fourth-order valence-electron chi connectivity index (χ4n) is 3.60.